The molecule has 182 valence electrons. The molecule has 0 heterocycles. The number of hydrogen-bond donors (Lipinski definition) is 3. The van der Waals surface area contributed by atoms with E-state index < -0.39 is 35.7 Å². The first-order chi connectivity index (χ1) is 16.1. The summed E-state index contributed by atoms with van der Waals surface area (Å²) in [6.07, 6.45) is -1.44. The maximum Gasteiger partial charge on any atom is 0.407 e. The summed E-state index contributed by atoms with van der Waals surface area (Å²) in [6.45, 7) is 7.21. The number of fused-ring (bicyclic) bond motifs is 3. The van der Waals surface area contributed by atoms with E-state index >= 15 is 0 Å². The van der Waals surface area contributed by atoms with Crippen molar-refractivity contribution in [1.82, 2.24) is 10.6 Å². The number of carbonyl (C=O) groups excluding carboxylic acids is 2. The maximum atomic E-state index is 12.2. The molecule has 1 aliphatic carbocycles. The van der Waals surface area contributed by atoms with Crippen molar-refractivity contribution in [2.45, 2.75) is 57.8 Å². The third-order valence-electron chi connectivity index (χ3n) is 5.56. The molecule has 0 fully saturated rings. The molecule has 3 rings (SSSR count). The van der Waals surface area contributed by atoms with Gasteiger partial charge in [-0.1, -0.05) is 48.5 Å². The first-order valence-electron chi connectivity index (χ1n) is 11.4. The van der Waals surface area contributed by atoms with Gasteiger partial charge in [-0.05, 0) is 49.9 Å². The third-order valence-corrected chi connectivity index (χ3v) is 5.56. The highest BCUT2D eigenvalue weighted by atomic mass is 16.5. The van der Waals surface area contributed by atoms with Gasteiger partial charge in [0.2, 0.25) is 5.91 Å². The van der Waals surface area contributed by atoms with Gasteiger partial charge in [0.1, 0.15) is 6.61 Å². The summed E-state index contributed by atoms with van der Waals surface area (Å²) in [4.78, 5) is 36.0. The van der Waals surface area contributed by atoms with Gasteiger partial charge in [0, 0.05) is 18.9 Å². The zero-order chi connectivity index (χ0) is 24.9. The molecular weight excluding hydrogens is 436 g/mol. The molecule has 2 atom stereocenters. The van der Waals surface area contributed by atoms with Gasteiger partial charge in [-0.3, -0.25) is 4.79 Å². The Balaban J connectivity index is 1.47. The average molecular weight is 469 g/mol. The molecule has 0 saturated carbocycles. The number of amides is 2. The highest BCUT2D eigenvalue weighted by Crippen LogP contribution is 2.44. The molecule has 2 aromatic rings. The molecular formula is C26H32N2O6. The number of carboxylic acid groups (broad SMARTS) is 1. The standard InChI is InChI=1S/C26H32N2O6/c1-16(34-26(2,3)4)23(24(30)31)28-22(29)13-14-27-25(32)33-15-21-19-11-7-5-9-17(19)18-10-6-8-12-20(18)21/h5-12,16,21,23H,13-15H2,1-4H3,(H,27,32)(H,28,29)(H,30,31)/t16-,23-/m1/s1. The normalized spacial score (nSPS) is 14.5. The molecule has 8 nitrogen and oxygen atoms in total. The van der Waals surface area contributed by atoms with Gasteiger partial charge in [-0.15, -0.1) is 0 Å². The van der Waals surface area contributed by atoms with Crippen LogP contribution in [0.2, 0.25) is 0 Å². The van der Waals surface area contributed by atoms with E-state index in [1.807, 2.05) is 57.2 Å². The van der Waals surface area contributed by atoms with Crippen molar-refractivity contribution < 1.29 is 29.0 Å². The van der Waals surface area contributed by atoms with Crippen molar-refractivity contribution in [3.8, 4) is 11.1 Å². The summed E-state index contributed by atoms with van der Waals surface area (Å²) in [5.41, 5.74) is 3.95. The van der Waals surface area contributed by atoms with E-state index in [1.165, 1.54) is 0 Å². The fraction of sp³-hybridized carbons (Fsp3) is 0.423. The van der Waals surface area contributed by atoms with Crippen molar-refractivity contribution in [3.05, 3.63) is 59.7 Å². The molecule has 0 saturated heterocycles. The van der Waals surface area contributed by atoms with E-state index in [4.69, 9.17) is 9.47 Å². The van der Waals surface area contributed by atoms with Gasteiger partial charge in [0.25, 0.3) is 0 Å². The molecule has 0 aliphatic heterocycles. The van der Waals surface area contributed by atoms with Crippen LogP contribution in [0.15, 0.2) is 48.5 Å². The van der Waals surface area contributed by atoms with Crippen LogP contribution in [0.25, 0.3) is 11.1 Å². The van der Waals surface area contributed by atoms with E-state index in [0.29, 0.717) is 0 Å². The van der Waals surface area contributed by atoms with E-state index in [9.17, 15) is 19.5 Å². The van der Waals surface area contributed by atoms with Crippen molar-refractivity contribution >= 4 is 18.0 Å². The Morgan fingerprint density at radius 3 is 2.09 bits per heavy atom. The van der Waals surface area contributed by atoms with Crippen LogP contribution in [0.3, 0.4) is 0 Å². The lowest BCUT2D eigenvalue weighted by molar-refractivity contribution is -0.150. The topological polar surface area (TPSA) is 114 Å². The second-order valence-electron chi connectivity index (χ2n) is 9.32. The molecule has 0 bridgehead atoms. The number of hydrogen-bond acceptors (Lipinski definition) is 5. The Bertz CT molecular complexity index is 1000. The molecule has 0 aromatic heterocycles. The number of ether oxygens (including phenoxy) is 2. The number of alkyl carbamates (subject to hydrolysis) is 1. The van der Waals surface area contributed by atoms with E-state index in [0.717, 1.165) is 22.3 Å². The Morgan fingerprint density at radius 1 is 1.00 bits per heavy atom. The largest absolute Gasteiger partial charge is 0.480 e. The molecule has 2 aromatic carbocycles. The SMILES string of the molecule is C[C@@H](OC(C)(C)C)[C@@H](NC(=O)CCNC(=O)OCC1c2ccccc2-c2ccccc21)C(=O)O. The maximum absolute atomic E-state index is 12.2. The van der Waals surface area contributed by atoms with Crippen LogP contribution >= 0.6 is 0 Å². The number of carbonyl (C=O) groups is 3. The number of nitrogens with one attached hydrogen (secondary N) is 2. The molecule has 8 heteroatoms. The molecule has 0 radical (unpaired) electrons. The second kappa shape index (κ2) is 10.7. The van der Waals surface area contributed by atoms with Crippen molar-refractivity contribution in [2.24, 2.45) is 0 Å². The van der Waals surface area contributed by atoms with Crippen LogP contribution in [-0.2, 0) is 19.1 Å². The molecule has 0 spiro atoms. The van der Waals surface area contributed by atoms with Gasteiger partial charge in [0.15, 0.2) is 6.04 Å². The van der Waals surface area contributed by atoms with E-state index in [-0.39, 0.29) is 25.5 Å². The number of carboxylic acids is 1. The minimum Gasteiger partial charge on any atom is -0.480 e. The summed E-state index contributed by atoms with van der Waals surface area (Å²) in [7, 11) is 0. The zero-order valence-electron chi connectivity index (χ0n) is 20.0. The monoisotopic (exact) mass is 468 g/mol. The minimum absolute atomic E-state index is 0.0172. The average Bonchev–Trinajstić information content (AvgIpc) is 3.08. The summed E-state index contributed by atoms with van der Waals surface area (Å²) in [5, 5.41) is 14.4. The van der Waals surface area contributed by atoms with Crippen molar-refractivity contribution in [2.75, 3.05) is 13.2 Å². The van der Waals surface area contributed by atoms with Crippen molar-refractivity contribution in [1.29, 1.82) is 0 Å². The summed E-state index contributed by atoms with van der Waals surface area (Å²) in [5.74, 6) is -1.74. The first-order valence-corrected chi connectivity index (χ1v) is 11.4. The second-order valence-corrected chi connectivity index (χ2v) is 9.32. The van der Waals surface area contributed by atoms with Crippen LogP contribution in [-0.4, -0.2) is 54.0 Å². The molecule has 2 amide bonds. The van der Waals surface area contributed by atoms with Crippen LogP contribution < -0.4 is 10.6 Å². The Labute approximate surface area is 199 Å². The quantitative estimate of drug-likeness (QED) is 0.517. The highest BCUT2D eigenvalue weighted by Gasteiger charge is 2.31. The summed E-state index contributed by atoms with van der Waals surface area (Å²) < 4.78 is 11.1. The lowest BCUT2D eigenvalue weighted by Gasteiger charge is -2.29. The summed E-state index contributed by atoms with van der Waals surface area (Å²) >= 11 is 0. The smallest absolute Gasteiger partial charge is 0.407 e. The first kappa shape index (κ1) is 25.2. The van der Waals surface area contributed by atoms with Gasteiger partial charge in [-0.2, -0.15) is 0 Å². The number of aliphatic carboxylic acids is 1. The minimum atomic E-state index is -1.19. The lowest BCUT2D eigenvalue weighted by atomic mass is 9.98. The predicted molar refractivity (Wildman–Crippen MR) is 128 cm³/mol. The fourth-order valence-corrected chi connectivity index (χ4v) is 4.18. The van der Waals surface area contributed by atoms with Crippen molar-refractivity contribution in [3.63, 3.8) is 0 Å². The Kier molecular flexibility index (Phi) is 7.94. The van der Waals surface area contributed by atoms with Gasteiger partial charge >= 0.3 is 12.1 Å². The van der Waals surface area contributed by atoms with Crippen LogP contribution in [0, 0.1) is 0 Å². The van der Waals surface area contributed by atoms with Gasteiger partial charge in [0.05, 0.1) is 11.7 Å². The molecule has 0 unspecified atom stereocenters. The molecule has 1 aliphatic rings. The van der Waals surface area contributed by atoms with E-state index in [1.54, 1.807) is 6.92 Å². The Hall–Kier alpha value is -3.39. The summed E-state index contributed by atoms with van der Waals surface area (Å²) in [6, 6.07) is 14.9. The van der Waals surface area contributed by atoms with Crippen LogP contribution in [0.1, 0.15) is 51.2 Å². The number of rotatable bonds is 9. The van der Waals surface area contributed by atoms with Gasteiger partial charge in [-0.25, -0.2) is 9.59 Å². The molecule has 34 heavy (non-hydrogen) atoms. The predicted octanol–water partition coefficient (Wildman–Crippen LogP) is 3.69. The number of benzene rings is 2. The fourth-order valence-electron chi connectivity index (χ4n) is 4.18. The molecule has 3 N–H and O–H groups in total. The third kappa shape index (κ3) is 6.35. The van der Waals surface area contributed by atoms with E-state index in [2.05, 4.69) is 22.8 Å². The lowest BCUT2D eigenvalue weighted by Crippen LogP contribution is -2.50. The zero-order valence-corrected chi connectivity index (χ0v) is 20.0. The van der Waals surface area contributed by atoms with Crippen LogP contribution in [0.4, 0.5) is 4.79 Å². The highest BCUT2D eigenvalue weighted by molar-refractivity contribution is 5.84. The van der Waals surface area contributed by atoms with Gasteiger partial charge < -0.3 is 25.2 Å². The van der Waals surface area contributed by atoms with Crippen LogP contribution in [0.5, 0.6) is 0 Å². The Morgan fingerprint density at radius 2 is 1.56 bits per heavy atom.